The fraction of sp³-hybridized carbons (Fsp3) is 0.611. The summed E-state index contributed by atoms with van der Waals surface area (Å²) >= 11 is 0. The van der Waals surface area contributed by atoms with Gasteiger partial charge in [-0.15, -0.1) is 0 Å². The third-order valence-electron chi connectivity index (χ3n) is 4.65. The average molecular weight is 400 g/mol. The van der Waals surface area contributed by atoms with Gasteiger partial charge < -0.3 is 19.3 Å². The van der Waals surface area contributed by atoms with E-state index in [0.717, 1.165) is 17.4 Å². The first-order valence-electron chi connectivity index (χ1n) is 8.77. The molecule has 0 aliphatic carbocycles. The lowest BCUT2D eigenvalue weighted by molar-refractivity contribution is -0.132. The van der Waals surface area contributed by atoms with Crippen LogP contribution < -0.4 is 9.47 Å². The first-order chi connectivity index (χ1) is 12.7. The molecule has 1 amide bonds. The van der Waals surface area contributed by atoms with E-state index in [-0.39, 0.29) is 19.0 Å². The number of ether oxygens (including phenoxy) is 2. The number of fused-ring (bicyclic) bond motifs is 1. The lowest BCUT2D eigenvalue weighted by Crippen LogP contribution is -2.46. The molecule has 152 valence electrons. The number of sulfonamides is 1. The fourth-order valence-corrected chi connectivity index (χ4v) is 3.78. The molecule has 8 nitrogen and oxygen atoms in total. The molecule has 2 rings (SSSR count). The molecule has 0 bridgehead atoms. The quantitative estimate of drug-likeness (QED) is 0.630. The Kier molecular flexibility index (Phi) is 7.07. The third kappa shape index (κ3) is 5.57. The summed E-state index contributed by atoms with van der Waals surface area (Å²) in [5, 5.41) is 0. The second kappa shape index (κ2) is 8.90. The Balaban J connectivity index is 2.12. The van der Waals surface area contributed by atoms with Crippen LogP contribution in [0.1, 0.15) is 11.1 Å². The smallest absolute Gasteiger partial charge is 0.238 e. The molecule has 0 N–H and O–H groups in total. The van der Waals surface area contributed by atoms with Gasteiger partial charge in [-0.3, -0.25) is 4.79 Å². The Morgan fingerprint density at radius 2 is 1.70 bits per heavy atom. The monoisotopic (exact) mass is 399 g/mol. The molecule has 0 unspecified atom stereocenters. The van der Waals surface area contributed by atoms with Crippen molar-refractivity contribution in [3.05, 3.63) is 23.3 Å². The number of nitrogens with zero attached hydrogens (tertiary/aromatic N) is 3. The molecule has 0 aromatic heterocycles. The maximum atomic E-state index is 12.7. The zero-order valence-corrected chi connectivity index (χ0v) is 17.5. The van der Waals surface area contributed by atoms with Crippen LogP contribution >= 0.6 is 0 Å². The predicted molar refractivity (Wildman–Crippen MR) is 104 cm³/mol. The summed E-state index contributed by atoms with van der Waals surface area (Å²) in [6.07, 6.45) is 1.83. The van der Waals surface area contributed by atoms with Gasteiger partial charge in [0.2, 0.25) is 15.9 Å². The second-order valence-electron chi connectivity index (χ2n) is 6.94. The summed E-state index contributed by atoms with van der Waals surface area (Å²) in [5.74, 6) is 1.09. The van der Waals surface area contributed by atoms with Crippen LogP contribution in [0.25, 0.3) is 0 Å². The van der Waals surface area contributed by atoms with Gasteiger partial charge in [-0.25, -0.2) is 8.42 Å². The molecular formula is C18H29N3O5S. The normalized spacial score (nSPS) is 14.4. The highest BCUT2D eigenvalue weighted by Crippen LogP contribution is 2.33. The first kappa shape index (κ1) is 21.5. The van der Waals surface area contributed by atoms with Crippen molar-refractivity contribution in [1.82, 2.24) is 14.1 Å². The molecule has 0 radical (unpaired) electrons. The molecule has 9 heteroatoms. The first-order valence-corrected chi connectivity index (χ1v) is 10.6. The van der Waals surface area contributed by atoms with Crippen molar-refractivity contribution >= 4 is 15.9 Å². The van der Waals surface area contributed by atoms with E-state index in [4.69, 9.17) is 9.47 Å². The number of rotatable bonds is 8. The summed E-state index contributed by atoms with van der Waals surface area (Å²) < 4.78 is 35.9. The average Bonchev–Trinajstić information content (AvgIpc) is 2.61. The third-order valence-corrected chi connectivity index (χ3v) is 5.90. The Bertz CT molecular complexity index is 779. The van der Waals surface area contributed by atoms with E-state index in [9.17, 15) is 13.2 Å². The SMILES string of the molecule is COc1cc2c(cc1OC)CN(C(=O)CN(CCN(C)C)S(C)(=O)=O)CC2. The zero-order chi connectivity index (χ0) is 20.2. The van der Waals surface area contributed by atoms with Crippen LogP contribution in [-0.2, 0) is 27.8 Å². The zero-order valence-electron chi connectivity index (χ0n) is 16.7. The molecule has 0 saturated carbocycles. The van der Waals surface area contributed by atoms with Gasteiger partial charge in [-0.05, 0) is 43.8 Å². The lowest BCUT2D eigenvalue weighted by Gasteiger charge is -2.31. The minimum absolute atomic E-state index is 0.144. The van der Waals surface area contributed by atoms with Crippen LogP contribution in [-0.4, -0.2) is 89.2 Å². The van der Waals surface area contributed by atoms with Gasteiger partial charge in [0.05, 0.1) is 27.0 Å². The Morgan fingerprint density at radius 3 is 2.22 bits per heavy atom. The molecule has 0 spiro atoms. The largest absolute Gasteiger partial charge is 0.493 e. The van der Waals surface area contributed by atoms with E-state index in [2.05, 4.69) is 0 Å². The number of benzene rings is 1. The van der Waals surface area contributed by atoms with Crippen LogP contribution in [0.2, 0.25) is 0 Å². The number of likely N-dealkylation sites (N-methyl/N-ethyl adjacent to an activating group) is 1. The second-order valence-corrected chi connectivity index (χ2v) is 8.92. The molecule has 27 heavy (non-hydrogen) atoms. The number of carbonyl (C=O) groups excluding carboxylic acids is 1. The van der Waals surface area contributed by atoms with Gasteiger partial charge in [0, 0.05) is 26.2 Å². The highest BCUT2D eigenvalue weighted by atomic mass is 32.2. The molecule has 1 aromatic rings. The molecule has 0 fully saturated rings. The molecule has 1 heterocycles. The van der Waals surface area contributed by atoms with Crippen LogP contribution in [0.5, 0.6) is 11.5 Å². The fourth-order valence-electron chi connectivity index (χ4n) is 3.02. The number of carbonyl (C=O) groups is 1. The van der Waals surface area contributed by atoms with E-state index < -0.39 is 10.0 Å². The maximum absolute atomic E-state index is 12.7. The van der Waals surface area contributed by atoms with Crippen molar-refractivity contribution in [2.75, 3.05) is 60.7 Å². The van der Waals surface area contributed by atoms with Crippen molar-refractivity contribution in [2.24, 2.45) is 0 Å². The van der Waals surface area contributed by atoms with Crippen LogP contribution in [0.15, 0.2) is 12.1 Å². The van der Waals surface area contributed by atoms with Crippen LogP contribution in [0, 0.1) is 0 Å². The summed E-state index contributed by atoms with van der Waals surface area (Å²) in [6, 6.07) is 3.82. The minimum Gasteiger partial charge on any atom is -0.493 e. The van der Waals surface area contributed by atoms with Crippen LogP contribution in [0.3, 0.4) is 0 Å². The summed E-state index contributed by atoms with van der Waals surface area (Å²) in [5.41, 5.74) is 2.11. The topological polar surface area (TPSA) is 79.4 Å². The van der Waals surface area contributed by atoms with Gasteiger partial charge in [0.1, 0.15) is 0 Å². The minimum atomic E-state index is -3.45. The molecule has 1 aliphatic heterocycles. The van der Waals surface area contributed by atoms with Gasteiger partial charge in [-0.2, -0.15) is 4.31 Å². The highest BCUT2D eigenvalue weighted by molar-refractivity contribution is 7.88. The molecule has 0 saturated heterocycles. The number of hydrogen-bond acceptors (Lipinski definition) is 6. The van der Waals surface area contributed by atoms with Crippen molar-refractivity contribution < 1.29 is 22.7 Å². The molecule has 1 aromatic carbocycles. The molecule has 1 aliphatic rings. The number of amides is 1. The van der Waals surface area contributed by atoms with Crippen molar-refractivity contribution in [3.63, 3.8) is 0 Å². The Hall–Kier alpha value is -1.84. The number of methoxy groups -OCH3 is 2. The summed E-state index contributed by atoms with van der Waals surface area (Å²) in [6.45, 7) is 1.68. The highest BCUT2D eigenvalue weighted by Gasteiger charge is 2.27. The summed E-state index contributed by atoms with van der Waals surface area (Å²) in [7, 11) is 3.45. The van der Waals surface area contributed by atoms with Gasteiger partial charge in [0.15, 0.2) is 11.5 Å². The van der Waals surface area contributed by atoms with Crippen molar-refractivity contribution in [1.29, 1.82) is 0 Å². The van der Waals surface area contributed by atoms with E-state index in [1.807, 2.05) is 31.1 Å². The molecular weight excluding hydrogens is 370 g/mol. The summed E-state index contributed by atoms with van der Waals surface area (Å²) in [4.78, 5) is 16.3. The predicted octanol–water partition coefficient (Wildman–Crippen LogP) is 0.412. The van der Waals surface area contributed by atoms with Gasteiger partial charge in [-0.1, -0.05) is 0 Å². The van der Waals surface area contributed by atoms with E-state index in [1.165, 1.54) is 4.31 Å². The lowest BCUT2D eigenvalue weighted by atomic mass is 9.98. The molecule has 0 atom stereocenters. The maximum Gasteiger partial charge on any atom is 0.238 e. The standard InChI is InChI=1S/C18H29N3O5S/c1-19(2)8-9-21(27(5,23)24)13-18(22)20-7-6-14-10-16(25-3)17(26-4)11-15(14)12-20/h10-11H,6-9,12-13H2,1-5H3. The van der Waals surface area contributed by atoms with Crippen molar-refractivity contribution in [2.45, 2.75) is 13.0 Å². The van der Waals surface area contributed by atoms with E-state index >= 15 is 0 Å². The van der Waals surface area contributed by atoms with E-state index in [0.29, 0.717) is 37.6 Å². The Morgan fingerprint density at radius 1 is 1.11 bits per heavy atom. The van der Waals surface area contributed by atoms with Crippen molar-refractivity contribution in [3.8, 4) is 11.5 Å². The Labute approximate surface area is 161 Å². The van der Waals surface area contributed by atoms with E-state index in [1.54, 1.807) is 19.1 Å². The number of hydrogen-bond donors (Lipinski definition) is 0. The van der Waals surface area contributed by atoms with Gasteiger partial charge >= 0.3 is 0 Å². The van der Waals surface area contributed by atoms with Crippen LogP contribution in [0.4, 0.5) is 0 Å². The van der Waals surface area contributed by atoms with Gasteiger partial charge in [0.25, 0.3) is 0 Å².